The number of aliphatic hydroxyl groups is 1. The van der Waals surface area contributed by atoms with E-state index in [0.29, 0.717) is 37.1 Å². The Balaban J connectivity index is 1.90. The van der Waals surface area contributed by atoms with Crippen LogP contribution in [0, 0.1) is 5.92 Å². The predicted octanol–water partition coefficient (Wildman–Crippen LogP) is 3.49. The normalized spacial score (nSPS) is 16.9. The molecule has 1 aromatic rings. The molecule has 0 radical (unpaired) electrons. The van der Waals surface area contributed by atoms with Gasteiger partial charge in [-0.3, -0.25) is 0 Å². The van der Waals surface area contributed by atoms with Gasteiger partial charge in [0.1, 0.15) is 5.75 Å². The number of urea groups is 1. The third kappa shape index (κ3) is 5.13. The largest absolute Gasteiger partial charge is 0.491 e. The number of unbranched alkanes of at least 4 members (excludes halogenated alkanes) is 1. The zero-order valence-electron chi connectivity index (χ0n) is 14.1. The maximum atomic E-state index is 12.4. The number of benzene rings is 1. The van der Waals surface area contributed by atoms with Crippen LogP contribution in [0.2, 0.25) is 0 Å². The summed E-state index contributed by atoms with van der Waals surface area (Å²) in [5.41, 5.74) is 0.714. The van der Waals surface area contributed by atoms with E-state index in [1.54, 1.807) is 0 Å². The van der Waals surface area contributed by atoms with Crippen molar-refractivity contribution >= 4 is 11.7 Å². The van der Waals surface area contributed by atoms with E-state index >= 15 is 0 Å². The van der Waals surface area contributed by atoms with Gasteiger partial charge in [-0.2, -0.15) is 0 Å². The summed E-state index contributed by atoms with van der Waals surface area (Å²) in [6, 6.07) is 7.44. The molecule has 1 aliphatic rings. The second-order valence-electron chi connectivity index (χ2n) is 6.19. The number of nitrogens with one attached hydrogen (secondary N) is 1. The number of ether oxygens (including phenoxy) is 1. The third-order valence-corrected chi connectivity index (χ3v) is 4.39. The Morgan fingerprint density at radius 1 is 1.39 bits per heavy atom. The number of aliphatic hydroxyl groups excluding tert-OH is 1. The van der Waals surface area contributed by atoms with Gasteiger partial charge in [0.05, 0.1) is 18.4 Å². The number of hydrogen-bond donors (Lipinski definition) is 2. The molecule has 2 amide bonds. The van der Waals surface area contributed by atoms with Crippen molar-refractivity contribution in [2.24, 2.45) is 5.92 Å². The van der Waals surface area contributed by atoms with Crippen LogP contribution in [-0.4, -0.2) is 41.8 Å². The summed E-state index contributed by atoms with van der Waals surface area (Å²) in [7, 11) is 0. The zero-order valence-corrected chi connectivity index (χ0v) is 14.1. The van der Waals surface area contributed by atoms with Gasteiger partial charge in [0.2, 0.25) is 0 Å². The summed E-state index contributed by atoms with van der Waals surface area (Å²) in [5, 5.41) is 12.6. The minimum absolute atomic E-state index is 0.0967. The van der Waals surface area contributed by atoms with Crippen LogP contribution in [0.1, 0.15) is 39.5 Å². The first-order chi connectivity index (χ1) is 11.1. The van der Waals surface area contributed by atoms with Crippen LogP contribution in [0.25, 0.3) is 0 Å². The van der Waals surface area contributed by atoms with Crippen molar-refractivity contribution in [3.8, 4) is 5.75 Å². The van der Waals surface area contributed by atoms with Gasteiger partial charge in [-0.05, 0) is 44.2 Å². The molecule has 0 aromatic heterocycles. The molecule has 0 bridgehead atoms. The number of carbonyl (C=O) groups is 1. The standard InChI is InChI=1S/C18H28N2O3/c1-3-4-13-23-17-8-6-5-7-16(17)19-18(22)20-11-9-15(10-12-20)14(2)21/h5-8,14-15,21H,3-4,9-13H2,1-2H3,(H,19,22). The lowest BCUT2D eigenvalue weighted by atomic mass is 9.92. The maximum Gasteiger partial charge on any atom is 0.321 e. The fourth-order valence-electron chi connectivity index (χ4n) is 2.80. The highest BCUT2D eigenvalue weighted by Crippen LogP contribution is 2.26. The summed E-state index contributed by atoms with van der Waals surface area (Å²) in [6.45, 7) is 5.96. The number of rotatable bonds is 6. The molecule has 0 saturated carbocycles. The van der Waals surface area contributed by atoms with Gasteiger partial charge in [-0.1, -0.05) is 25.5 Å². The van der Waals surface area contributed by atoms with E-state index < -0.39 is 0 Å². The Labute approximate surface area is 138 Å². The number of likely N-dealkylation sites (tertiary alicyclic amines) is 1. The van der Waals surface area contributed by atoms with Gasteiger partial charge in [0.15, 0.2) is 0 Å². The molecule has 1 heterocycles. The molecular weight excluding hydrogens is 292 g/mol. The molecule has 1 saturated heterocycles. The summed E-state index contributed by atoms with van der Waals surface area (Å²) >= 11 is 0. The Morgan fingerprint density at radius 3 is 2.74 bits per heavy atom. The maximum absolute atomic E-state index is 12.4. The smallest absolute Gasteiger partial charge is 0.321 e. The average Bonchev–Trinajstić information content (AvgIpc) is 2.56. The van der Waals surface area contributed by atoms with Crippen LogP contribution >= 0.6 is 0 Å². The van der Waals surface area contributed by atoms with Crippen molar-refractivity contribution in [2.75, 3.05) is 25.0 Å². The fraction of sp³-hybridized carbons (Fsp3) is 0.611. The number of carbonyl (C=O) groups excluding carboxylic acids is 1. The molecule has 0 spiro atoms. The van der Waals surface area contributed by atoms with E-state index in [0.717, 1.165) is 25.7 Å². The lowest BCUT2D eigenvalue weighted by molar-refractivity contribution is 0.0820. The fourth-order valence-corrected chi connectivity index (χ4v) is 2.80. The summed E-state index contributed by atoms with van der Waals surface area (Å²) in [5.74, 6) is 1.01. The lowest BCUT2D eigenvalue weighted by Crippen LogP contribution is -2.42. The van der Waals surface area contributed by atoms with E-state index in [1.807, 2.05) is 36.1 Å². The first kappa shape index (κ1) is 17.6. The number of nitrogens with zero attached hydrogens (tertiary/aromatic N) is 1. The highest BCUT2D eigenvalue weighted by Gasteiger charge is 2.25. The van der Waals surface area contributed by atoms with Crippen LogP contribution in [0.5, 0.6) is 5.75 Å². The van der Waals surface area contributed by atoms with Gasteiger partial charge >= 0.3 is 6.03 Å². The predicted molar refractivity (Wildman–Crippen MR) is 91.8 cm³/mol. The molecule has 5 heteroatoms. The molecule has 23 heavy (non-hydrogen) atoms. The third-order valence-electron chi connectivity index (χ3n) is 4.39. The first-order valence-electron chi connectivity index (χ1n) is 8.57. The van der Waals surface area contributed by atoms with E-state index in [9.17, 15) is 9.90 Å². The molecular formula is C18H28N2O3. The zero-order chi connectivity index (χ0) is 16.7. The topological polar surface area (TPSA) is 61.8 Å². The van der Waals surface area contributed by atoms with Crippen molar-refractivity contribution in [1.29, 1.82) is 0 Å². The molecule has 1 atom stereocenters. The molecule has 1 aliphatic heterocycles. The van der Waals surface area contributed by atoms with Crippen LogP contribution in [0.3, 0.4) is 0 Å². The molecule has 128 valence electrons. The molecule has 1 unspecified atom stereocenters. The lowest BCUT2D eigenvalue weighted by Gasteiger charge is -2.33. The van der Waals surface area contributed by atoms with Crippen molar-refractivity contribution in [3.05, 3.63) is 24.3 Å². The molecule has 1 fully saturated rings. The van der Waals surface area contributed by atoms with E-state index in [1.165, 1.54) is 0 Å². The Morgan fingerprint density at radius 2 is 2.09 bits per heavy atom. The summed E-state index contributed by atoms with van der Waals surface area (Å²) in [4.78, 5) is 14.2. The van der Waals surface area contributed by atoms with E-state index in [-0.39, 0.29) is 12.1 Å². The summed E-state index contributed by atoms with van der Waals surface area (Å²) in [6.07, 6.45) is 3.47. The number of hydrogen-bond acceptors (Lipinski definition) is 3. The van der Waals surface area contributed by atoms with Crippen LogP contribution in [-0.2, 0) is 0 Å². The Kier molecular flexibility index (Phi) is 6.71. The van der Waals surface area contributed by atoms with E-state index in [4.69, 9.17) is 4.74 Å². The van der Waals surface area contributed by atoms with Crippen LogP contribution in [0.15, 0.2) is 24.3 Å². The van der Waals surface area contributed by atoms with Gasteiger partial charge in [0, 0.05) is 13.1 Å². The second-order valence-corrected chi connectivity index (χ2v) is 6.19. The minimum Gasteiger partial charge on any atom is -0.491 e. The highest BCUT2D eigenvalue weighted by atomic mass is 16.5. The quantitative estimate of drug-likeness (QED) is 0.789. The molecule has 0 aliphatic carbocycles. The van der Waals surface area contributed by atoms with Crippen molar-refractivity contribution in [2.45, 2.75) is 45.6 Å². The average molecular weight is 320 g/mol. The molecule has 5 nitrogen and oxygen atoms in total. The van der Waals surface area contributed by atoms with Gasteiger partial charge in [-0.25, -0.2) is 4.79 Å². The highest BCUT2D eigenvalue weighted by molar-refractivity contribution is 5.91. The molecule has 2 N–H and O–H groups in total. The van der Waals surface area contributed by atoms with Gasteiger partial charge < -0.3 is 20.1 Å². The van der Waals surface area contributed by atoms with Crippen molar-refractivity contribution in [1.82, 2.24) is 4.90 Å². The number of amides is 2. The number of para-hydroxylation sites is 2. The van der Waals surface area contributed by atoms with Gasteiger partial charge in [0.25, 0.3) is 0 Å². The Hall–Kier alpha value is -1.75. The second kappa shape index (κ2) is 8.77. The van der Waals surface area contributed by atoms with Gasteiger partial charge in [-0.15, -0.1) is 0 Å². The number of anilines is 1. The first-order valence-corrected chi connectivity index (χ1v) is 8.57. The van der Waals surface area contributed by atoms with Crippen molar-refractivity contribution in [3.63, 3.8) is 0 Å². The SMILES string of the molecule is CCCCOc1ccccc1NC(=O)N1CCC(C(C)O)CC1. The molecule has 2 rings (SSSR count). The molecule has 1 aromatic carbocycles. The van der Waals surface area contributed by atoms with Crippen LogP contribution in [0.4, 0.5) is 10.5 Å². The van der Waals surface area contributed by atoms with E-state index in [2.05, 4.69) is 12.2 Å². The monoisotopic (exact) mass is 320 g/mol. The number of piperidine rings is 1. The van der Waals surface area contributed by atoms with Crippen LogP contribution < -0.4 is 10.1 Å². The van der Waals surface area contributed by atoms with Crippen molar-refractivity contribution < 1.29 is 14.6 Å². The Bertz CT molecular complexity index is 497. The minimum atomic E-state index is -0.298. The summed E-state index contributed by atoms with van der Waals surface area (Å²) < 4.78 is 5.75.